The molecule has 0 N–H and O–H groups in total. The number of hydrogen-bond donors (Lipinski definition) is 0. The van der Waals surface area contributed by atoms with Gasteiger partial charge in [0.1, 0.15) is 0 Å². The highest BCUT2D eigenvalue weighted by Crippen LogP contribution is 2.32. The summed E-state index contributed by atoms with van der Waals surface area (Å²) in [6.07, 6.45) is 0.430. The summed E-state index contributed by atoms with van der Waals surface area (Å²) in [5.74, 6) is -0.478. The number of carbonyl (C=O) groups excluding carboxylic acids is 1. The zero-order valence-electron chi connectivity index (χ0n) is 8.11. The minimum absolute atomic E-state index is 0.430. The summed E-state index contributed by atoms with van der Waals surface area (Å²) in [5.41, 5.74) is -0.416. The predicted molar refractivity (Wildman–Crippen MR) is 54.9 cm³/mol. The lowest BCUT2D eigenvalue weighted by Crippen LogP contribution is -2.32. The van der Waals surface area contributed by atoms with Gasteiger partial charge in [0.25, 0.3) is 0 Å². The highest BCUT2D eigenvalue weighted by Gasteiger charge is 2.47. The number of thiophene rings is 1. The van der Waals surface area contributed by atoms with Gasteiger partial charge >= 0.3 is 11.5 Å². The van der Waals surface area contributed by atoms with Gasteiger partial charge in [-0.15, -0.1) is 0 Å². The van der Waals surface area contributed by atoms with Crippen LogP contribution in [0, 0.1) is 6.57 Å². The van der Waals surface area contributed by atoms with Crippen LogP contribution in [0.5, 0.6) is 0 Å². The third-order valence-electron chi connectivity index (χ3n) is 2.22. The van der Waals surface area contributed by atoms with Crippen molar-refractivity contribution < 1.29 is 9.53 Å². The SMILES string of the molecule is [C-]#[N+]C(CC)(C(=O)OC)c1ccsc1. The van der Waals surface area contributed by atoms with E-state index >= 15 is 0 Å². The topological polar surface area (TPSA) is 30.7 Å². The van der Waals surface area contributed by atoms with Gasteiger partial charge in [-0.05, 0) is 11.4 Å². The normalized spacial score (nSPS) is 14.1. The zero-order valence-corrected chi connectivity index (χ0v) is 8.93. The summed E-state index contributed by atoms with van der Waals surface area (Å²) in [4.78, 5) is 15.0. The Morgan fingerprint density at radius 3 is 2.86 bits per heavy atom. The van der Waals surface area contributed by atoms with E-state index in [1.807, 2.05) is 17.7 Å². The number of nitrogens with zero attached hydrogens (tertiary/aromatic N) is 1. The molecule has 0 radical (unpaired) electrons. The molecule has 0 spiro atoms. The van der Waals surface area contributed by atoms with Crippen molar-refractivity contribution in [2.75, 3.05) is 7.11 Å². The summed E-state index contributed by atoms with van der Waals surface area (Å²) in [5, 5.41) is 3.67. The molecule has 0 aliphatic carbocycles. The summed E-state index contributed by atoms with van der Waals surface area (Å²) in [6.45, 7) is 8.96. The third kappa shape index (κ3) is 1.51. The van der Waals surface area contributed by atoms with Crippen LogP contribution in [-0.2, 0) is 15.1 Å². The first kappa shape index (κ1) is 10.7. The first-order valence-electron chi connectivity index (χ1n) is 4.21. The van der Waals surface area contributed by atoms with Crippen molar-refractivity contribution in [3.63, 3.8) is 0 Å². The molecule has 0 amide bonds. The molecule has 1 rings (SSSR count). The van der Waals surface area contributed by atoms with Crippen LogP contribution in [0.1, 0.15) is 18.9 Å². The van der Waals surface area contributed by atoms with Crippen molar-refractivity contribution in [3.8, 4) is 0 Å². The third-order valence-corrected chi connectivity index (χ3v) is 2.91. The van der Waals surface area contributed by atoms with Gasteiger partial charge in [0.15, 0.2) is 0 Å². The highest BCUT2D eigenvalue weighted by molar-refractivity contribution is 7.08. The van der Waals surface area contributed by atoms with E-state index in [0.717, 1.165) is 5.56 Å². The molecule has 0 aliphatic rings. The second kappa shape index (κ2) is 4.25. The molecule has 0 fully saturated rings. The Morgan fingerprint density at radius 2 is 2.50 bits per heavy atom. The molecule has 0 saturated heterocycles. The maximum atomic E-state index is 11.6. The molecule has 0 saturated carbocycles. The summed E-state index contributed by atoms with van der Waals surface area (Å²) in [7, 11) is 1.31. The van der Waals surface area contributed by atoms with E-state index in [0.29, 0.717) is 6.42 Å². The second-order valence-electron chi connectivity index (χ2n) is 2.83. The molecule has 0 aliphatic heterocycles. The van der Waals surface area contributed by atoms with Gasteiger partial charge in [-0.1, -0.05) is 6.92 Å². The maximum Gasteiger partial charge on any atom is 0.398 e. The average Bonchev–Trinajstić information content (AvgIpc) is 2.74. The summed E-state index contributed by atoms with van der Waals surface area (Å²) < 4.78 is 4.67. The van der Waals surface area contributed by atoms with Gasteiger partial charge in [-0.2, -0.15) is 11.3 Å². The zero-order chi connectivity index (χ0) is 10.6. The van der Waals surface area contributed by atoms with Crippen molar-refractivity contribution >= 4 is 17.3 Å². The molecular weight excluding hydrogens is 198 g/mol. The lowest BCUT2D eigenvalue weighted by Gasteiger charge is -2.15. The first-order valence-corrected chi connectivity index (χ1v) is 5.15. The van der Waals surface area contributed by atoms with E-state index in [4.69, 9.17) is 6.57 Å². The minimum atomic E-state index is -1.14. The van der Waals surface area contributed by atoms with Gasteiger partial charge in [0.05, 0.1) is 12.7 Å². The molecule has 1 atom stereocenters. The highest BCUT2D eigenvalue weighted by atomic mass is 32.1. The van der Waals surface area contributed by atoms with Gasteiger partial charge in [0.2, 0.25) is 0 Å². The fraction of sp³-hybridized carbons (Fsp3) is 0.400. The van der Waals surface area contributed by atoms with Crippen LogP contribution >= 0.6 is 11.3 Å². The smallest absolute Gasteiger partial charge is 0.398 e. The number of hydrogen-bond acceptors (Lipinski definition) is 3. The number of rotatable bonds is 3. The Hall–Kier alpha value is -1.34. The summed E-state index contributed by atoms with van der Waals surface area (Å²) in [6, 6.07) is 1.79. The Labute approximate surface area is 87.1 Å². The fourth-order valence-electron chi connectivity index (χ4n) is 1.32. The molecule has 4 heteroatoms. The van der Waals surface area contributed by atoms with Crippen LogP contribution in [0.2, 0.25) is 0 Å². The molecule has 1 unspecified atom stereocenters. The lowest BCUT2D eigenvalue weighted by atomic mass is 9.90. The van der Waals surface area contributed by atoms with E-state index in [1.165, 1.54) is 18.4 Å². The van der Waals surface area contributed by atoms with Crippen LogP contribution < -0.4 is 0 Å². The van der Waals surface area contributed by atoms with Crippen LogP contribution in [0.15, 0.2) is 16.8 Å². The standard InChI is InChI=1S/C10H11NO2S/c1-4-10(11-2,9(12)13-3)8-5-6-14-7-8/h5-7H,4H2,1,3H3. The molecule has 1 aromatic rings. The van der Waals surface area contributed by atoms with Gasteiger partial charge < -0.3 is 4.74 Å². The fourth-order valence-corrected chi connectivity index (χ4v) is 2.05. The molecule has 3 nitrogen and oxygen atoms in total. The molecular formula is C10H11NO2S. The van der Waals surface area contributed by atoms with Gasteiger partial charge in [-0.3, -0.25) is 4.85 Å². The van der Waals surface area contributed by atoms with Gasteiger partial charge in [0, 0.05) is 11.8 Å². The molecule has 0 aromatic carbocycles. The van der Waals surface area contributed by atoms with Crippen LogP contribution in [0.25, 0.3) is 4.85 Å². The van der Waals surface area contributed by atoms with E-state index in [1.54, 1.807) is 6.07 Å². The molecule has 14 heavy (non-hydrogen) atoms. The predicted octanol–water partition coefficient (Wildman–Crippen LogP) is 2.45. The molecule has 1 heterocycles. The van der Waals surface area contributed by atoms with Crippen molar-refractivity contribution in [2.45, 2.75) is 18.9 Å². The van der Waals surface area contributed by atoms with Crippen LogP contribution in [0.3, 0.4) is 0 Å². The molecule has 74 valence electrons. The Kier molecular flexibility index (Phi) is 3.26. The van der Waals surface area contributed by atoms with Crippen molar-refractivity contribution in [3.05, 3.63) is 33.8 Å². The molecule has 0 bridgehead atoms. The monoisotopic (exact) mass is 209 g/mol. The number of methoxy groups -OCH3 is 1. The van der Waals surface area contributed by atoms with E-state index in [9.17, 15) is 4.79 Å². The van der Waals surface area contributed by atoms with E-state index < -0.39 is 11.5 Å². The average molecular weight is 209 g/mol. The quantitative estimate of drug-likeness (QED) is 0.565. The Morgan fingerprint density at radius 1 is 1.79 bits per heavy atom. The van der Waals surface area contributed by atoms with E-state index in [-0.39, 0.29) is 0 Å². The number of carbonyl (C=O) groups is 1. The second-order valence-corrected chi connectivity index (χ2v) is 3.61. The number of ether oxygens (including phenoxy) is 1. The van der Waals surface area contributed by atoms with Crippen LogP contribution in [0.4, 0.5) is 0 Å². The van der Waals surface area contributed by atoms with E-state index in [2.05, 4.69) is 9.58 Å². The summed E-state index contributed by atoms with van der Waals surface area (Å²) >= 11 is 1.47. The van der Waals surface area contributed by atoms with Crippen molar-refractivity contribution in [2.24, 2.45) is 0 Å². The lowest BCUT2D eigenvalue weighted by molar-refractivity contribution is -0.145. The van der Waals surface area contributed by atoms with Crippen LogP contribution in [-0.4, -0.2) is 13.1 Å². The maximum absolute atomic E-state index is 11.6. The van der Waals surface area contributed by atoms with Crippen molar-refractivity contribution in [1.82, 2.24) is 0 Å². The van der Waals surface area contributed by atoms with Gasteiger partial charge in [-0.25, -0.2) is 11.4 Å². The van der Waals surface area contributed by atoms with Crippen molar-refractivity contribution in [1.29, 1.82) is 0 Å². The minimum Gasteiger partial charge on any atom is -0.463 e. The largest absolute Gasteiger partial charge is 0.463 e. The Bertz CT molecular complexity index is 353. The number of esters is 1. The Balaban J connectivity index is 3.19. The first-order chi connectivity index (χ1) is 6.71. The molecule has 1 aromatic heterocycles.